The molecule has 0 radical (unpaired) electrons. The molecule has 3 rings (SSSR count). The molecule has 0 aliphatic heterocycles. The first-order valence-corrected chi connectivity index (χ1v) is 7.88. The first-order valence-electron chi connectivity index (χ1n) is 7.88. The maximum Gasteiger partial charge on any atom is 0.277 e. The normalized spacial score (nSPS) is 10.5. The van der Waals surface area contributed by atoms with E-state index in [4.69, 9.17) is 0 Å². The molecule has 3 aromatic rings. The summed E-state index contributed by atoms with van der Waals surface area (Å²) >= 11 is 0. The molecule has 2 heterocycles. The van der Waals surface area contributed by atoms with Gasteiger partial charge in [0.1, 0.15) is 5.56 Å². The van der Waals surface area contributed by atoms with Crippen LogP contribution in [0.5, 0.6) is 0 Å². The SMILES string of the molecule is Cc1cc(C)cc(CNC(=O)c2cc(-c3ccncc3)n[nH]c2=O)c1. The quantitative estimate of drug-likeness (QED) is 0.767. The van der Waals surface area contributed by atoms with Crippen LogP contribution >= 0.6 is 0 Å². The Bertz CT molecular complexity index is 944. The summed E-state index contributed by atoms with van der Waals surface area (Å²) in [6.07, 6.45) is 3.25. The summed E-state index contributed by atoms with van der Waals surface area (Å²) in [5.41, 5.74) is 4.05. The van der Waals surface area contributed by atoms with E-state index in [0.717, 1.165) is 22.3 Å². The van der Waals surface area contributed by atoms with Gasteiger partial charge < -0.3 is 5.32 Å². The van der Waals surface area contributed by atoms with Crippen molar-refractivity contribution in [3.63, 3.8) is 0 Å². The van der Waals surface area contributed by atoms with Crippen LogP contribution in [0.3, 0.4) is 0 Å². The van der Waals surface area contributed by atoms with Crippen LogP contribution in [0.2, 0.25) is 0 Å². The van der Waals surface area contributed by atoms with Crippen molar-refractivity contribution in [3.8, 4) is 11.3 Å². The number of amides is 1. The molecule has 2 N–H and O–H groups in total. The van der Waals surface area contributed by atoms with Gasteiger partial charge in [0, 0.05) is 24.5 Å². The first-order chi connectivity index (χ1) is 12.0. The zero-order valence-corrected chi connectivity index (χ0v) is 14.0. The third-order valence-corrected chi connectivity index (χ3v) is 3.76. The number of nitrogens with zero attached hydrogens (tertiary/aromatic N) is 2. The van der Waals surface area contributed by atoms with Gasteiger partial charge in [0.25, 0.3) is 11.5 Å². The highest BCUT2D eigenvalue weighted by atomic mass is 16.2. The number of benzene rings is 1. The fourth-order valence-electron chi connectivity index (χ4n) is 2.69. The highest BCUT2D eigenvalue weighted by molar-refractivity contribution is 5.94. The van der Waals surface area contributed by atoms with Gasteiger partial charge in [-0.2, -0.15) is 5.10 Å². The van der Waals surface area contributed by atoms with Gasteiger partial charge in [-0.25, -0.2) is 5.10 Å². The van der Waals surface area contributed by atoms with E-state index in [1.165, 1.54) is 6.07 Å². The van der Waals surface area contributed by atoms with Crippen LogP contribution in [0.25, 0.3) is 11.3 Å². The van der Waals surface area contributed by atoms with E-state index in [1.807, 2.05) is 26.0 Å². The molecule has 0 fully saturated rings. The van der Waals surface area contributed by atoms with Gasteiger partial charge in [-0.05, 0) is 37.6 Å². The molecule has 0 saturated heterocycles. The van der Waals surface area contributed by atoms with E-state index in [-0.39, 0.29) is 5.56 Å². The van der Waals surface area contributed by atoms with Gasteiger partial charge in [0.2, 0.25) is 0 Å². The highest BCUT2D eigenvalue weighted by Crippen LogP contribution is 2.14. The Kier molecular flexibility index (Phi) is 4.70. The van der Waals surface area contributed by atoms with Crippen molar-refractivity contribution in [2.45, 2.75) is 20.4 Å². The third kappa shape index (κ3) is 3.98. The van der Waals surface area contributed by atoms with Gasteiger partial charge in [0.15, 0.2) is 0 Å². The monoisotopic (exact) mass is 334 g/mol. The average Bonchev–Trinajstić information content (AvgIpc) is 2.60. The van der Waals surface area contributed by atoms with Crippen LogP contribution < -0.4 is 10.9 Å². The van der Waals surface area contributed by atoms with Crippen LogP contribution in [-0.2, 0) is 6.54 Å². The van der Waals surface area contributed by atoms with Crippen molar-refractivity contribution in [3.05, 3.63) is 81.4 Å². The number of H-pyrrole nitrogens is 1. The summed E-state index contributed by atoms with van der Waals surface area (Å²) in [5.74, 6) is -0.432. The molecule has 25 heavy (non-hydrogen) atoms. The molecule has 0 spiro atoms. The number of aromatic nitrogens is 3. The van der Waals surface area contributed by atoms with E-state index in [9.17, 15) is 9.59 Å². The molecular formula is C19H18N4O2. The second-order valence-electron chi connectivity index (χ2n) is 5.91. The van der Waals surface area contributed by atoms with Crippen molar-refractivity contribution in [2.24, 2.45) is 0 Å². The Morgan fingerprint density at radius 3 is 2.44 bits per heavy atom. The molecule has 6 nitrogen and oxygen atoms in total. The molecule has 126 valence electrons. The lowest BCUT2D eigenvalue weighted by Crippen LogP contribution is -2.29. The molecule has 0 bridgehead atoms. The van der Waals surface area contributed by atoms with Crippen molar-refractivity contribution in [2.75, 3.05) is 0 Å². The fourth-order valence-corrected chi connectivity index (χ4v) is 2.69. The average molecular weight is 334 g/mol. The molecular weight excluding hydrogens is 316 g/mol. The number of carbonyl (C=O) groups is 1. The summed E-state index contributed by atoms with van der Waals surface area (Å²) in [6.45, 7) is 4.37. The zero-order valence-electron chi connectivity index (χ0n) is 14.0. The Morgan fingerprint density at radius 2 is 1.76 bits per heavy atom. The Hall–Kier alpha value is -3.28. The zero-order chi connectivity index (χ0) is 17.8. The minimum absolute atomic E-state index is 0.0335. The summed E-state index contributed by atoms with van der Waals surface area (Å²) in [6, 6.07) is 11.1. The first kappa shape index (κ1) is 16.6. The molecule has 1 amide bonds. The number of pyridine rings is 1. The minimum atomic E-state index is -0.518. The van der Waals surface area contributed by atoms with E-state index in [1.54, 1.807) is 24.5 Å². The van der Waals surface area contributed by atoms with Gasteiger partial charge >= 0.3 is 0 Å². The van der Waals surface area contributed by atoms with Gasteiger partial charge in [-0.1, -0.05) is 29.3 Å². The largest absolute Gasteiger partial charge is 0.348 e. The molecule has 0 saturated carbocycles. The van der Waals surface area contributed by atoms with Crippen LogP contribution in [0.4, 0.5) is 0 Å². The Labute approximate surface area is 145 Å². The highest BCUT2D eigenvalue weighted by Gasteiger charge is 2.13. The molecule has 0 aliphatic rings. The van der Waals surface area contributed by atoms with Gasteiger partial charge in [-0.15, -0.1) is 0 Å². The summed E-state index contributed by atoms with van der Waals surface area (Å²) in [7, 11) is 0. The van der Waals surface area contributed by atoms with E-state index >= 15 is 0 Å². The molecule has 6 heteroatoms. The second-order valence-corrected chi connectivity index (χ2v) is 5.91. The Morgan fingerprint density at radius 1 is 1.08 bits per heavy atom. The lowest BCUT2D eigenvalue weighted by Gasteiger charge is -2.08. The molecule has 0 atom stereocenters. The maximum absolute atomic E-state index is 12.4. The number of carbonyl (C=O) groups excluding carboxylic acids is 1. The number of nitrogens with one attached hydrogen (secondary N) is 2. The van der Waals surface area contributed by atoms with Crippen molar-refractivity contribution in [1.82, 2.24) is 20.5 Å². The van der Waals surface area contributed by atoms with Crippen molar-refractivity contribution >= 4 is 5.91 Å². The summed E-state index contributed by atoms with van der Waals surface area (Å²) in [5, 5.41) is 9.16. The maximum atomic E-state index is 12.4. The molecule has 0 unspecified atom stereocenters. The third-order valence-electron chi connectivity index (χ3n) is 3.76. The fraction of sp³-hybridized carbons (Fsp3) is 0.158. The predicted molar refractivity (Wildman–Crippen MR) is 95.2 cm³/mol. The van der Waals surface area contributed by atoms with Gasteiger partial charge in [0.05, 0.1) is 5.69 Å². The van der Waals surface area contributed by atoms with Crippen LogP contribution in [0, 0.1) is 13.8 Å². The van der Waals surface area contributed by atoms with Crippen LogP contribution in [-0.4, -0.2) is 21.1 Å². The number of aromatic amines is 1. The molecule has 0 aliphatic carbocycles. The number of hydrogen-bond donors (Lipinski definition) is 2. The second kappa shape index (κ2) is 7.09. The Balaban J connectivity index is 1.81. The lowest BCUT2D eigenvalue weighted by atomic mass is 10.1. The van der Waals surface area contributed by atoms with E-state index in [0.29, 0.717) is 12.2 Å². The van der Waals surface area contributed by atoms with Crippen molar-refractivity contribution in [1.29, 1.82) is 0 Å². The minimum Gasteiger partial charge on any atom is -0.348 e. The predicted octanol–water partition coefficient (Wildman–Crippen LogP) is 2.38. The number of hydrogen-bond acceptors (Lipinski definition) is 4. The number of aryl methyl sites for hydroxylation is 2. The van der Waals surface area contributed by atoms with Crippen LogP contribution in [0.1, 0.15) is 27.0 Å². The van der Waals surface area contributed by atoms with Crippen LogP contribution in [0.15, 0.2) is 53.6 Å². The summed E-state index contributed by atoms with van der Waals surface area (Å²) < 4.78 is 0. The number of rotatable bonds is 4. The van der Waals surface area contributed by atoms with E-state index < -0.39 is 11.5 Å². The lowest BCUT2D eigenvalue weighted by molar-refractivity contribution is 0.0949. The summed E-state index contributed by atoms with van der Waals surface area (Å²) in [4.78, 5) is 28.3. The molecule has 2 aromatic heterocycles. The smallest absolute Gasteiger partial charge is 0.277 e. The van der Waals surface area contributed by atoms with Gasteiger partial charge in [-0.3, -0.25) is 14.6 Å². The standard InChI is InChI=1S/C19H18N4O2/c1-12-7-13(2)9-14(8-12)11-21-18(24)16-10-17(22-23-19(16)25)15-3-5-20-6-4-15/h3-10H,11H2,1-2H3,(H,21,24)(H,23,25). The topological polar surface area (TPSA) is 87.7 Å². The molecule has 1 aromatic carbocycles. The van der Waals surface area contributed by atoms with Crippen molar-refractivity contribution < 1.29 is 4.79 Å². The van der Waals surface area contributed by atoms with E-state index in [2.05, 4.69) is 26.6 Å².